The minimum Gasteiger partial charge on any atom is -0.368 e. The number of nitrogens with two attached hydrogens (primary N) is 1. The lowest BCUT2D eigenvalue weighted by Crippen LogP contribution is -2.24. The van der Waals surface area contributed by atoms with E-state index in [1.807, 2.05) is 6.92 Å². The van der Waals surface area contributed by atoms with Crippen molar-refractivity contribution in [2.75, 3.05) is 0 Å². The van der Waals surface area contributed by atoms with E-state index in [0.717, 1.165) is 6.42 Å². The molecule has 0 spiro atoms. The van der Waals surface area contributed by atoms with Crippen LogP contribution in [-0.4, -0.2) is 21.6 Å². The van der Waals surface area contributed by atoms with Gasteiger partial charge < -0.3 is 5.73 Å². The Morgan fingerprint density at radius 2 is 2.46 bits per heavy atom. The smallest absolute Gasteiger partial charge is 0.248 e. The zero-order valence-corrected chi connectivity index (χ0v) is 7.47. The van der Waals surface area contributed by atoms with Crippen LogP contribution in [0.15, 0.2) is 23.5 Å². The van der Waals surface area contributed by atoms with Gasteiger partial charge in [0.05, 0.1) is 0 Å². The maximum atomic E-state index is 11.0. The van der Waals surface area contributed by atoms with E-state index in [0.29, 0.717) is 6.42 Å². The molecule has 0 aliphatic rings. The minimum atomic E-state index is -0.212. The predicted octanol–water partition coefficient (Wildman–Crippen LogP) is 0.373. The quantitative estimate of drug-likeness (QED) is 0.528. The average molecular weight is 180 g/mol. The van der Waals surface area contributed by atoms with Gasteiger partial charge in [-0.2, -0.15) is 10.1 Å². The highest BCUT2D eigenvalue weighted by Crippen LogP contribution is 1.91. The van der Waals surface area contributed by atoms with Crippen LogP contribution in [0.2, 0.25) is 0 Å². The Hall–Kier alpha value is -1.65. The summed E-state index contributed by atoms with van der Waals surface area (Å²) in [5.41, 5.74) is 5.50. The maximum absolute atomic E-state index is 11.0. The van der Waals surface area contributed by atoms with Crippen molar-refractivity contribution in [3.8, 4) is 0 Å². The fraction of sp³-hybridized carbons (Fsp3) is 0.375. The van der Waals surface area contributed by atoms with Crippen molar-refractivity contribution in [2.45, 2.75) is 19.8 Å². The summed E-state index contributed by atoms with van der Waals surface area (Å²) in [6.07, 6.45) is 4.40. The molecule has 1 aromatic heterocycles. The molecule has 0 aliphatic heterocycles. The maximum Gasteiger partial charge on any atom is 0.248 e. The molecule has 2 N–H and O–H groups in total. The summed E-state index contributed by atoms with van der Waals surface area (Å²) in [5, 5.41) is 3.84. The number of hydrogen-bond donors (Lipinski definition) is 1. The Balaban J connectivity index is 2.67. The van der Waals surface area contributed by atoms with Gasteiger partial charge in [-0.25, -0.2) is 4.68 Å². The van der Waals surface area contributed by atoms with E-state index >= 15 is 0 Å². The van der Waals surface area contributed by atoms with Crippen LogP contribution < -0.4 is 5.73 Å². The minimum absolute atomic E-state index is 0.114. The molecule has 0 bridgehead atoms. The second-order valence-electron chi connectivity index (χ2n) is 2.56. The van der Waals surface area contributed by atoms with E-state index in [2.05, 4.69) is 10.1 Å². The summed E-state index contributed by atoms with van der Waals surface area (Å²) < 4.78 is 1.35. The zero-order valence-electron chi connectivity index (χ0n) is 7.47. The molecule has 0 saturated carbocycles. The van der Waals surface area contributed by atoms with Gasteiger partial charge in [0.1, 0.15) is 0 Å². The molecule has 13 heavy (non-hydrogen) atoms. The van der Waals surface area contributed by atoms with Crippen molar-refractivity contribution in [3.63, 3.8) is 0 Å². The van der Waals surface area contributed by atoms with Gasteiger partial charge in [-0.1, -0.05) is 6.92 Å². The monoisotopic (exact) mass is 180 g/mol. The zero-order chi connectivity index (χ0) is 9.68. The summed E-state index contributed by atoms with van der Waals surface area (Å²) in [4.78, 5) is 14.7. The second-order valence-corrected chi connectivity index (χ2v) is 2.56. The van der Waals surface area contributed by atoms with Gasteiger partial charge in [0.25, 0.3) is 0 Å². The molecule has 0 radical (unpaired) electrons. The fourth-order valence-electron chi connectivity index (χ4n) is 0.853. The largest absolute Gasteiger partial charge is 0.368 e. The van der Waals surface area contributed by atoms with Crippen LogP contribution in [0.4, 0.5) is 0 Å². The van der Waals surface area contributed by atoms with Gasteiger partial charge in [0.15, 0.2) is 0 Å². The van der Waals surface area contributed by atoms with E-state index in [1.165, 1.54) is 4.68 Å². The third-order valence-corrected chi connectivity index (χ3v) is 1.44. The number of carbonyl (C=O) groups is 1. The van der Waals surface area contributed by atoms with Crippen molar-refractivity contribution >= 4 is 11.9 Å². The molecular weight excluding hydrogens is 168 g/mol. The number of carbonyl (C=O) groups excluding carboxylic acids is 1. The Morgan fingerprint density at radius 1 is 1.69 bits per heavy atom. The molecule has 0 aliphatic carbocycles. The number of hydrogen-bond acceptors (Lipinski definition) is 2. The molecule has 0 aromatic carbocycles. The van der Waals surface area contributed by atoms with E-state index in [-0.39, 0.29) is 11.9 Å². The molecule has 5 heteroatoms. The van der Waals surface area contributed by atoms with Crippen molar-refractivity contribution < 1.29 is 4.79 Å². The Morgan fingerprint density at radius 3 is 3.00 bits per heavy atom. The first-order chi connectivity index (χ1) is 6.24. The van der Waals surface area contributed by atoms with Gasteiger partial charge in [0.2, 0.25) is 11.9 Å². The lowest BCUT2D eigenvalue weighted by atomic mass is 10.3. The van der Waals surface area contributed by atoms with Gasteiger partial charge in [-0.3, -0.25) is 4.79 Å². The highest BCUT2D eigenvalue weighted by atomic mass is 16.1. The molecule has 1 rings (SSSR count). The lowest BCUT2D eigenvalue weighted by Gasteiger charge is -1.97. The summed E-state index contributed by atoms with van der Waals surface area (Å²) in [7, 11) is 0. The molecular formula is C8H12N4O. The molecule has 0 unspecified atom stereocenters. The van der Waals surface area contributed by atoms with Crippen LogP contribution in [-0.2, 0) is 4.79 Å². The van der Waals surface area contributed by atoms with E-state index < -0.39 is 0 Å². The van der Waals surface area contributed by atoms with Crippen molar-refractivity contribution in [3.05, 3.63) is 18.5 Å². The second kappa shape index (κ2) is 4.39. The molecule has 1 aromatic rings. The Labute approximate surface area is 76.3 Å². The Bertz CT molecular complexity index is 302. The third kappa shape index (κ3) is 2.70. The predicted molar refractivity (Wildman–Crippen MR) is 49.2 cm³/mol. The van der Waals surface area contributed by atoms with Crippen molar-refractivity contribution in [2.24, 2.45) is 10.7 Å². The average Bonchev–Trinajstić information content (AvgIpc) is 2.55. The first-order valence-electron chi connectivity index (χ1n) is 4.11. The van der Waals surface area contributed by atoms with Gasteiger partial charge in [-0.15, -0.1) is 0 Å². The third-order valence-electron chi connectivity index (χ3n) is 1.44. The van der Waals surface area contributed by atoms with Crippen molar-refractivity contribution in [1.29, 1.82) is 0 Å². The van der Waals surface area contributed by atoms with Crippen LogP contribution in [0.3, 0.4) is 0 Å². The number of aliphatic imine (C=N–C) groups is 1. The van der Waals surface area contributed by atoms with Crippen LogP contribution in [0.1, 0.15) is 19.8 Å². The number of aromatic nitrogens is 2. The molecule has 1 heterocycles. The first kappa shape index (κ1) is 9.44. The van der Waals surface area contributed by atoms with Crippen LogP contribution in [0.5, 0.6) is 0 Å². The number of rotatable bonds is 2. The van der Waals surface area contributed by atoms with E-state index in [4.69, 9.17) is 5.73 Å². The summed E-state index contributed by atoms with van der Waals surface area (Å²) >= 11 is 0. The summed E-state index contributed by atoms with van der Waals surface area (Å²) in [6, 6.07) is 1.71. The molecule has 0 fully saturated rings. The van der Waals surface area contributed by atoms with E-state index in [1.54, 1.807) is 18.5 Å². The molecule has 0 atom stereocenters. The van der Waals surface area contributed by atoms with Crippen LogP contribution >= 0.6 is 0 Å². The number of amides is 1. The Kier molecular flexibility index (Phi) is 3.19. The van der Waals surface area contributed by atoms with Gasteiger partial charge in [0, 0.05) is 18.8 Å². The number of nitrogens with zero attached hydrogens (tertiary/aromatic N) is 3. The van der Waals surface area contributed by atoms with Gasteiger partial charge >= 0.3 is 0 Å². The highest BCUT2D eigenvalue weighted by Gasteiger charge is 2.00. The van der Waals surface area contributed by atoms with Crippen LogP contribution in [0, 0.1) is 0 Å². The standard InChI is InChI=1S/C8H12N4O/c1-2-4-7(13)11-8(9)12-6-3-5-10-12/h3,5-6H,2,4H2,1H3,(H2,9,11,13). The van der Waals surface area contributed by atoms with Crippen molar-refractivity contribution in [1.82, 2.24) is 9.78 Å². The summed E-state index contributed by atoms with van der Waals surface area (Å²) in [6.45, 7) is 1.91. The first-order valence-corrected chi connectivity index (χ1v) is 4.11. The van der Waals surface area contributed by atoms with Gasteiger partial charge in [-0.05, 0) is 12.5 Å². The SMILES string of the molecule is CCCC(=O)N=C(N)n1cccn1. The fourth-order valence-corrected chi connectivity index (χ4v) is 0.853. The topological polar surface area (TPSA) is 73.3 Å². The molecule has 5 nitrogen and oxygen atoms in total. The highest BCUT2D eigenvalue weighted by molar-refractivity contribution is 5.92. The lowest BCUT2D eigenvalue weighted by molar-refractivity contribution is -0.117. The van der Waals surface area contributed by atoms with E-state index in [9.17, 15) is 4.79 Å². The van der Waals surface area contributed by atoms with Crippen LogP contribution in [0.25, 0.3) is 0 Å². The summed E-state index contributed by atoms with van der Waals surface area (Å²) in [5.74, 6) is -0.0982. The normalized spacial score (nSPS) is 11.6. The molecule has 70 valence electrons. The molecule has 1 amide bonds. The molecule has 0 saturated heterocycles.